The molecular weight excluding hydrogens is 712 g/mol. The quantitative estimate of drug-likeness (QED) is 0.185. The van der Waals surface area contributed by atoms with Crippen LogP contribution in [0.25, 0.3) is 11.1 Å². The van der Waals surface area contributed by atoms with Gasteiger partial charge in [0.2, 0.25) is 0 Å². The van der Waals surface area contributed by atoms with Crippen molar-refractivity contribution in [2.45, 2.75) is 44.4 Å². The van der Waals surface area contributed by atoms with Crippen molar-refractivity contribution in [2.24, 2.45) is 0 Å². The molecule has 216 valence electrons. The summed E-state index contributed by atoms with van der Waals surface area (Å²) in [5, 5.41) is 0. The van der Waals surface area contributed by atoms with E-state index in [9.17, 15) is 0 Å². The summed E-state index contributed by atoms with van der Waals surface area (Å²) >= 11 is -0.648. The summed E-state index contributed by atoms with van der Waals surface area (Å²) in [7, 11) is 0. The molecule has 5 aliphatic rings. The van der Waals surface area contributed by atoms with E-state index in [1.807, 2.05) is 12.1 Å². The van der Waals surface area contributed by atoms with Gasteiger partial charge in [-0.2, -0.15) is 0 Å². The minimum atomic E-state index is -0.648. The molecule has 0 saturated heterocycles. The molecule has 0 saturated carbocycles. The molecule has 1 spiro atoms. The molecule has 6 heteroatoms. The van der Waals surface area contributed by atoms with Gasteiger partial charge in [-0.1, -0.05) is 0 Å². The molecule has 0 radical (unpaired) electrons. The predicted octanol–water partition coefficient (Wildman–Crippen LogP) is 6.78. The number of rotatable bonds is 0. The molecule has 0 aromatic heterocycles. The van der Waals surface area contributed by atoms with Gasteiger partial charge < -0.3 is 0 Å². The van der Waals surface area contributed by atoms with E-state index in [2.05, 4.69) is 157 Å². The normalized spacial score (nSPS) is 20.9. The summed E-state index contributed by atoms with van der Waals surface area (Å²) in [6, 6.07) is 37.7. The van der Waals surface area contributed by atoms with Crippen LogP contribution in [0.15, 0.2) is 110 Å². The van der Waals surface area contributed by atoms with Gasteiger partial charge in [-0.15, -0.1) is 0 Å². The molecule has 0 atom stereocenters. The zero-order valence-electron chi connectivity index (χ0n) is 24.4. The van der Waals surface area contributed by atoms with E-state index in [1.165, 1.54) is 30.5 Å². The second-order valence-corrected chi connectivity index (χ2v) is 15.1. The Hall–Kier alpha value is -4.21. The van der Waals surface area contributed by atoms with Crippen molar-refractivity contribution in [2.75, 3.05) is 0 Å². The van der Waals surface area contributed by atoms with Crippen LogP contribution in [-0.2, 0) is 28.7 Å². The number of hydrogen-bond acceptors (Lipinski definition) is 5. The fraction of sp³-hybridized carbons (Fsp3) is 0.189. The Morgan fingerprint density at radius 3 is 1.72 bits per heavy atom. The number of fused-ring (bicyclic) bond motifs is 11. The molecule has 1 aliphatic carbocycles. The number of ether oxygens (including phenoxy) is 1. The minimum absolute atomic E-state index is 0.300. The van der Waals surface area contributed by atoms with Crippen molar-refractivity contribution in [3.05, 3.63) is 144 Å². The Balaban J connectivity index is 1.43. The van der Waals surface area contributed by atoms with Crippen molar-refractivity contribution in [1.82, 2.24) is 19.6 Å². The Morgan fingerprint density at radius 2 is 1.07 bits per heavy atom. The molecule has 4 aromatic carbocycles. The second kappa shape index (κ2) is 8.45. The van der Waals surface area contributed by atoms with Gasteiger partial charge in [-0.05, 0) is 0 Å². The van der Waals surface area contributed by atoms with Crippen LogP contribution in [0, 0.1) is 12.1 Å². The molecule has 5 nitrogen and oxygen atoms in total. The third kappa shape index (κ3) is 3.16. The van der Waals surface area contributed by atoms with Crippen molar-refractivity contribution in [1.29, 1.82) is 0 Å². The molecule has 4 aliphatic heterocycles. The van der Waals surface area contributed by atoms with Crippen LogP contribution in [-0.4, -0.2) is 33.6 Å². The molecule has 0 amide bonds. The van der Waals surface area contributed by atoms with E-state index in [-0.39, 0.29) is 11.2 Å². The standard InChI is InChI=1S/C37H30N4O.Pt/c1-35(2)27-11-9-13-29(23-27)42-30-14-10-12-28(24-30)37(33-17-7-5-15-31(33)32-16-6-8-18-34(32)37)41-22-21-40(26-41)36(3,4)39-20-19-38(35)25-39;/h5-22H,1-4H3;/q-2;. The molecule has 43 heavy (non-hydrogen) atoms. The zero-order valence-corrected chi connectivity index (χ0v) is 26.7. The maximum atomic E-state index is 6.55. The van der Waals surface area contributed by atoms with Crippen LogP contribution in [0.5, 0.6) is 11.5 Å². The summed E-state index contributed by atoms with van der Waals surface area (Å²) in [6.07, 6.45) is 9.11. The Kier molecular flexibility index (Phi) is 4.97. The number of nitrogens with zero attached hydrogens (tertiary/aromatic N) is 4. The third-order valence-electron chi connectivity index (χ3n) is 9.48. The van der Waals surface area contributed by atoms with E-state index < -0.39 is 23.2 Å². The van der Waals surface area contributed by atoms with Crippen LogP contribution in [0.2, 0.25) is 0 Å². The van der Waals surface area contributed by atoms with E-state index in [1.54, 1.807) is 0 Å². The maximum absolute atomic E-state index is 6.55. The van der Waals surface area contributed by atoms with Gasteiger partial charge in [-0.3, -0.25) is 0 Å². The zero-order chi connectivity index (χ0) is 29.1. The van der Waals surface area contributed by atoms with Crippen LogP contribution in [0.1, 0.15) is 49.9 Å². The molecule has 0 unspecified atom stereocenters. The summed E-state index contributed by atoms with van der Waals surface area (Å²) in [5.74, 6) is 1.38. The topological polar surface area (TPSA) is 22.2 Å². The molecule has 9 rings (SSSR count). The van der Waals surface area contributed by atoms with E-state index in [0.29, 0.717) is 11.5 Å². The molecule has 0 N–H and O–H groups in total. The number of benzene rings is 4. The van der Waals surface area contributed by atoms with Crippen molar-refractivity contribution in [3.63, 3.8) is 0 Å². The molecule has 0 fully saturated rings. The van der Waals surface area contributed by atoms with Gasteiger partial charge in [0.15, 0.2) is 0 Å². The monoisotopic (exact) mass is 741 g/mol. The fourth-order valence-electron chi connectivity index (χ4n) is 7.20. The predicted molar refractivity (Wildman–Crippen MR) is 165 cm³/mol. The van der Waals surface area contributed by atoms with Gasteiger partial charge in [0.1, 0.15) is 0 Å². The van der Waals surface area contributed by atoms with Gasteiger partial charge in [0, 0.05) is 0 Å². The van der Waals surface area contributed by atoms with Gasteiger partial charge in [0.05, 0.1) is 0 Å². The van der Waals surface area contributed by atoms with Gasteiger partial charge >= 0.3 is 261 Å². The molecule has 6 bridgehead atoms. The van der Waals surface area contributed by atoms with Crippen LogP contribution >= 0.6 is 0 Å². The van der Waals surface area contributed by atoms with E-state index >= 15 is 0 Å². The first-order valence-corrected chi connectivity index (χ1v) is 16.9. The summed E-state index contributed by atoms with van der Waals surface area (Å²) in [5.41, 5.74) is 5.95. The first kappa shape index (κ1) is 25.3. The summed E-state index contributed by atoms with van der Waals surface area (Å²) in [4.78, 5) is 10.0. The van der Waals surface area contributed by atoms with Crippen LogP contribution < -0.4 is 4.74 Å². The van der Waals surface area contributed by atoms with Crippen molar-refractivity contribution < 1.29 is 22.4 Å². The summed E-state index contributed by atoms with van der Waals surface area (Å²) in [6.45, 7) is 9.21. The second-order valence-electron chi connectivity index (χ2n) is 12.5. The first-order valence-electron chi connectivity index (χ1n) is 14.6. The van der Waals surface area contributed by atoms with E-state index in [0.717, 1.165) is 11.1 Å². The van der Waals surface area contributed by atoms with E-state index in [4.69, 9.17) is 4.74 Å². The van der Waals surface area contributed by atoms with Gasteiger partial charge in [0.25, 0.3) is 0 Å². The Morgan fingerprint density at radius 1 is 0.558 bits per heavy atom. The average molecular weight is 742 g/mol. The van der Waals surface area contributed by atoms with Crippen molar-refractivity contribution in [3.8, 4) is 22.6 Å². The molecular formula is C37H30N4OPt-2. The Labute approximate surface area is 260 Å². The fourth-order valence-corrected chi connectivity index (χ4v) is 11.7. The molecule has 4 heterocycles. The van der Waals surface area contributed by atoms with Crippen LogP contribution in [0.4, 0.5) is 0 Å². The SMILES string of the molecule is CC1(C)c2[c-]c(ccc2)Oc2[c-]c(ccc2)C2(c3ccccc3-c3ccccc32)N2C=CN3[C]2=[Pt]=[C]2N1C=CN2C3(C)C. The third-order valence-corrected chi connectivity index (χ3v) is 12.7. The average Bonchev–Trinajstić information content (AvgIpc) is 3.72. The molecule has 4 aromatic rings. The Bertz CT molecular complexity index is 1950. The number of hydrogen-bond donors (Lipinski definition) is 0. The van der Waals surface area contributed by atoms with Gasteiger partial charge in [-0.25, -0.2) is 0 Å². The van der Waals surface area contributed by atoms with Crippen molar-refractivity contribution >= 4 is 8.29 Å². The van der Waals surface area contributed by atoms with Crippen LogP contribution in [0.3, 0.4) is 0 Å². The first-order chi connectivity index (χ1) is 20.8. The summed E-state index contributed by atoms with van der Waals surface area (Å²) < 4.78 is 9.26.